The van der Waals surface area contributed by atoms with Crippen molar-refractivity contribution in [2.75, 3.05) is 7.11 Å². The molecule has 0 radical (unpaired) electrons. The van der Waals surface area contributed by atoms with Crippen LogP contribution in [0.5, 0.6) is 0 Å². The molecular weight excluding hydrogens is 184 g/mol. The number of hydrogen-bond donors (Lipinski definition) is 0. The Balaban J connectivity index is 3.17. The first-order valence-corrected chi connectivity index (χ1v) is 3.71. The minimum atomic E-state index is 0.398. The molecule has 0 aliphatic rings. The Morgan fingerprint density at radius 1 is 1.43 bits per heavy atom. The van der Waals surface area contributed by atoms with Crippen LogP contribution in [0.3, 0.4) is 0 Å². The van der Waals surface area contributed by atoms with Crippen molar-refractivity contribution in [3.05, 3.63) is 24.3 Å². The molecule has 0 aromatic heterocycles. The Kier molecular flexibility index (Phi) is 3.33. The smallest absolute Gasteiger partial charge is 0.262 e. The van der Waals surface area contributed by atoms with Gasteiger partial charge in [0.15, 0.2) is 7.11 Å². The molecule has 1 rings (SSSR count). The van der Waals surface area contributed by atoms with Crippen molar-refractivity contribution >= 4 is 23.5 Å². The lowest BCUT2D eigenvalue weighted by atomic mass is 10.3. The second-order valence-electron chi connectivity index (χ2n) is 2.29. The number of aliphatic imine (C=N–C) groups is 1. The molecule has 14 heavy (non-hydrogen) atoms. The lowest BCUT2D eigenvalue weighted by Crippen LogP contribution is -2.00. The molecule has 0 spiro atoms. The molecule has 1 aromatic carbocycles. The van der Waals surface area contributed by atoms with Crippen molar-refractivity contribution in [2.45, 2.75) is 0 Å². The van der Waals surface area contributed by atoms with Gasteiger partial charge in [0.05, 0.1) is 5.69 Å². The van der Waals surface area contributed by atoms with Gasteiger partial charge in [0.2, 0.25) is 6.08 Å². The van der Waals surface area contributed by atoms with Gasteiger partial charge in [-0.1, -0.05) is 6.07 Å². The topological polar surface area (TPSA) is 58.7 Å². The normalized spacial score (nSPS) is 8.36. The van der Waals surface area contributed by atoms with Gasteiger partial charge in [-0.25, -0.2) is 4.79 Å². The predicted molar refractivity (Wildman–Crippen MR) is 46.8 cm³/mol. The van der Waals surface area contributed by atoms with E-state index in [-0.39, 0.29) is 0 Å². The van der Waals surface area contributed by atoms with E-state index in [1.54, 1.807) is 24.3 Å². The summed E-state index contributed by atoms with van der Waals surface area (Å²) in [6, 6.07) is 6.36. The van der Waals surface area contributed by atoms with E-state index in [4.69, 9.17) is 0 Å². The number of benzene rings is 1. The lowest BCUT2D eigenvalue weighted by molar-refractivity contribution is -0.717. The van der Waals surface area contributed by atoms with Gasteiger partial charge in [-0.15, -0.1) is 0 Å². The Labute approximate surface area is 79.9 Å². The molecule has 0 N–H and O–H groups in total. The van der Waals surface area contributed by atoms with E-state index in [2.05, 4.69) is 9.83 Å². The Hall–Kier alpha value is -2.22. The van der Waals surface area contributed by atoms with E-state index >= 15 is 0 Å². The molecule has 0 atom stereocenters. The molecule has 0 bridgehead atoms. The van der Waals surface area contributed by atoms with Crippen LogP contribution in [0.4, 0.5) is 11.4 Å². The van der Waals surface area contributed by atoms with Gasteiger partial charge in [-0.05, 0) is 6.07 Å². The highest BCUT2D eigenvalue weighted by atomic mass is 16.7. The maximum Gasteiger partial charge on any atom is 0.484 e. The van der Waals surface area contributed by atoms with Crippen LogP contribution >= 0.6 is 0 Å². The van der Waals surface area contributed by atoms with Crippen LogP contribution < -0.4 is 0 Å². The van der Waals surface area contributed by atoms with Crippen molar-refractivity contribution < 1.29 is 19.2 Å². The Bertz CT molecular complexity index is 429. The third-order valence-electron chi connectivity index (χ3n) is 1.50. The number of nitrogens with zero attached hydrogens (tertiary/aromatic N) is 2. The summed E-state index contributed by atoms with van der Waals surface area (Å²) in [5.74, 6) is 0. The van der Waals surface area contributed by atoms with Crippen LogP contribution in [0, 0.1) is 0 Å². The highest BCUT2D eigenvalue weighted by Gasteiger charge is 2.10. The highest BCUT2D eigenvalue weighted by Crippen LogP contribution is 2.19. The minimum absolute atomic E-state index is 0.398. The maximum absolute atomic E-state index is 10.4. The second kappa shape index (κ2) is 4.72. The molecule has 70 valence electrons. The zero-order chi connectivity index (χ0) is 10.4. The molecule has 0 aliphatic carbocycles. The molecule has 5 nitrogen and oxygen atoms in total. The lowest BCUT2D eigenvalue weighted by Gasteiger charge is -1.92. The van der Waals surface area contributed by atoms with E-state index in [9.17, 15) is 9.59 Å². The molecular formula is C9H7N2O3+. The number of rotatable bonds is 3. The monoisotopic (exact) mass is 191 g/mol. The molecule has 0 unspecified atom stereocenters. The van der Waals surface area contributed by atoms with Crippen LogP contribution in [0.2, 0.25) is 0 Å². The summed E-state index contributed by atoms with van der Waals surface area (Å²) < 4.78 is 0.893. The van der Waals surface area contributed by atoms with E-state index in [0.717, 1.165) is 4.74 Å². The standard InChI is InChI=1S/C9H7N2O3/c1-14-11(7-13)9-4-2-3-8(5-9)10-6-12/h2-5H,1H3/q+1. The molecule has 1 aromatic rings. The van der Waals surface area contributed by atoms with Crippen LogP contribution in [-0.2, 0) is 14.4 Å². The maximum atomic E-state index is 10.4. The van der Waals surface area contributed by atoms with Crippen molar-refractivity contribution in [1.29, 1.82) is 0 Å². The van der Waals surface area contributed by atoms with Crippen LogP contribution in [0.1, 0.15) is 0 Å². The summed E-state index contributed by atoms with van der Waals surface area (Å²) in [5, 5.41) is 0. The summed E-state index contributed by atoms with van der Waals surface area (Å²) in [4.78, 5) is 28.4. The first-order chi connectivity index (χ1) is 6.81. The molecule has 0 saturated carbocycles. The summed E-state index contributed by atoms with van der Waals surface area (Å²) in [5.41, 5.74) is 0.841. The average Bonchev–Trinajstić information content (AvgIpc) is 2.21. The third kappa shape index (κ3) is 2.14. The molecule has 0 amide bonds. The predicted octanol–water partition coefficient (Wildman–Crippen LogP) is 1.20. The summed E-state index contributed by atoms with van der Waals surface area (Å²) in [6.45, 7) is 0. The Morgan fingerprint density at radius 3 is 2.79 bits per heavy atom. The fraction of sp³-hybridized carbons (Fsp3) is 0.111. The van der Waals surface area contributed by atoms with Crippen molar-refractivity contribution in [1.82, 2.24) is 0 Å². The second-order valence-corrected chi connectivity index (χ2v) is 2.29. The first-order valence-electron chi connectivity index (χ1n) is 3.71. The van der Waals surface area contributed by atoms with E-state index < -0.39 is 0 Å². The first kappa shape index (κ1) is 9.86. The van der Waals surface area contributed by atoms with Crippen LogP contribution in [0.25, 0.3) is 0 Å². The minimum Gasteiger partial charge on any atom is -0.262 e. The van der Waals surface area contributed by atoms with Crippen molar-refractivity contribution in [3.8, 4) is 0 Å². The average molecular weight is 191 g/mol. The zero-order valence-corrected chi connectivity index (χ0v) is 7.43. The van der Waals surface area contributed by atoms with Gasteiger partial charge in [0.25, 0.3) is 5.69 Å². The van der Waals surface area contributed by atoms with Gasteiger partial charge in [-0.2, -0.15) is 9.79 Å². The number of isocyanates is 2. The molecule has 0 saturated heterocycles. The van der Waals surface area contributed by atoms with Crippen molar-refractivity contribution in [2.24, 2.45) is 4.99 Å². The van der Waals surface area contributed by atoms with Gasteiger partial charge in [0.1, 0.15) is 4.74 Å². The van der Waals surface area contributed by atoms with Gasteiger partial charge in [-0.3, -0.25) is 4.84 Å². The third-order valence-corrected chi connectivity index (χ3v) is 1.50. The summed E-state index contributed by atoms with van der Waals surface area (Å²) >= 11 is 0. The van der Waals surface area contributed by atoms with E-state index in [1.807, 2.05) is 0 Å². The fourth-order valence-corrected chi connectivity index (χ4v) is 0.937. The fourth-order valence-electron chi connectivity index (χ4n) is 0.937. The van der Waals surface area contributed by atoms with Gasteiger partial charge in [0, 0.05) is 12.1 Å². The van der Waals surface area contributed by atoms with E-state index in [1.165, 1.54) is 19.3 Å². The zero-order valence-electron chi connectivity index (χ0n) is 7.43. The number of hydrogen-bond acceptors (Lipinski definition) is 4. The SMILES string of the molecule is CO[N+](=C=O)c1cccc(N=C=O)c1. The highest BCUT2D eigenvalue weighted by molar-refractivity contribution is 5.53. The van der Waals surface area contributed by atoms with Crippen LogP contribution in [-0.4, -0.2) is 24.0 Å². The summed E-state index contributed by atoms with van der Waals surface area (Å²) in [7, 11) is 1.33. The quantitative estimate of drug-likeness (QED) is 0.312. The molecule has 0 fully saturated rings. The molecule has 5 heteroatoms. The summed E-state index contributed by atoms with van der Waals surface area (Å²) in [6.07, 6.45) is 2.96. The molecule has 0 aliphatic heterocycles. The largest absolute Gasteiger partial charge is 0.484 e. The van der Waals surface area contributed by atoms with Gasteiger partial charge < -0.3 is 0 Å². The number of carbonyl (C=O) groups excluding carboxylic acids is 2. The molecule has 0 heterocycles. The Morgan fingerprint density at radius 2 is 2.21 bits per heavy atom. The van der Waals surface area contributed by atoms with Gasteiger partial charge >= 0.3 is 6.08 Å². The van der Waals surface area contributed by atoms with Crippen molar-refractivity contribution in [3.63, 3.8) is 0 Å². The van der Waals surface area contributed by atoms with Crippen LogP contribution in [0.15, 0.2) is 29.3 Å². The van der Waals surface area contributed by atoms with E-state index in [0.29, 0.717) is 11.4 Å².